The molecule has 2 rings (SSSR count). The summed E-state index contributed by atoms with van der Waals surface area (Å²) in [5.74, 6) is 1.59. The minimum Gasteiger partial charge on any atom is -0.380 e. The summed E-state index contributed by atoms with van der Waals surface area (Å²) < 4.78 is 5.65. The van der Waals surface area contributed by atoms with Crippen molar-refractivity contribution >= 4 is 0 Å². The van der Waals surface area contributed by atoms with Crippen LogP contribution in [0.4, 0.5) is 0 Å². The van der Waals surface area contributed by atoms with E-state index in [9.17, 15) is 0 Å². The van der Waals surface area contributed by atoms with Crippen LogP contribution in [0.3, 0.4) is 0 Å². The van der Waals surface area contributed by atoms with E-state index in [1.165, 1.54) is 45.1 Å². The van der Waals surface area contributed by atoms with Gasteiger partial charge in [-0.2, -0.15) is 0 Å². The molecule has 5 atom stereocenters. The van der Waals surface area contributed by atoms with Gasteiger partial charge in [0, 0.05) is 25.7 Å². The fourth-order valence-corrected chi connectivity index (χ4v) is 4.01. The Morgan fingerprint density at radius 3 is 2.74 bits per heavy atom. The highest BCUT2D eigenvalue weighted by molar-refractivity contribution is 4.92. The van der Waals surface area contributed by atoms with E-state index in [1.807, 2.05) is 7.11 Å². The molecule has 0 aromatic carbocycles. The van der Waals surface area contributed by atoms with Gasteiger partial charge >= 0.3 is 0 Å². The summed E-state index contributed by atoms with van der Waals surface area (Å²) in [6, 6.07) is 0.967. The van der Waals surface area contributed by atoms with E-state index < -0.39 is 0 Å². The lowest BCUT2D eigenvalue weighted by atomic mass is 9.79. The summed E-state index contributed by atoms with van der Waals surface area (Å²) in [6.07, 6.45) is 8.18. The summed E-state index contributed by atoms with van der Waals surface area (Å²) in [4.78, 5) is 2.63. The van der Waals surface area contributed by atoms with Crippen LogP contribution in [0.1, 0.15) is 52.4 Å². The molecular weight excluding hydrogens is 236 g/mol. The van der Waals surface area contributed by atoms with Crippen LogP contribution in [-0.2, 0) is 4.74 Å². The van der Waals surface area contributed by atoms with E-state index in [0.717, 1.165) is 12.5 Å². The first-order valence-electron chi connectivity index (χ1n) is 8.18. The van der Waals surface area contributed by atoms with Crippen LogP contribution in [0.15, 0.2) is 0 Å². The minimum atomic E-state index is 0.374. The lowest BCUT2D eigenvalue weighted by Crippen LogP contribution is -2.56. The second kappa shape index (κ2) is 7.05. The minimum absolute atomic E-state index is 0.374. The van der Waals surface area contributed by atoms with Crippen molar-refractivity contribution in [1.82, 2.24) is 4.90 Å². The number of nitrogens with two attached hydrogens (primary N) is 1. The average molecular weight is 268 g/mol. The fourth-order valence-electron chi connectivity index (χ4n) is 4.01. The second-order valence-electron chi connectivity index (χ2n) is 6.73. The highest BCUT2D eigenvalue weighted by Gasteiger charge is 2.36. The SMILES string of the molecule is CCCC1CCC(N)C(N2CCC(C)C(OC)C2)C1. The second-order valence-corrected chi connectivity index (χ2v) is 6.73. The number of hydrogen-bond donors (Lipinski definition) is 1. The van der Waals surface area contributed by atoms with Gasteiger partial charge < -0.3 is 10.5 Å². The van der Waals surface area contributed by atoms with Gasteiger partial charge in [-0.25, -0.2) is 0 Å². The Kier molecular flexibility index (Phi) is 5.67. The third-order valence-corrected chi connectivity index (χ3v) is 5.37. The molecule has 3 heteroatoms. The van der Waals surface area contributed by atoms with Crippen molar-refractivity contribution in [2.24, 2.45) is 17.6 Å². The molecule has 5 unspecified atom stereocenters. The van der Waals surface area contributed by atoms with Crippen LogP contribution in [0.5, 0.6) is 0 Å². The van der Waals surface area contributed by atoms with Crippen molar-refractivity contribution in [3.8, 4) is 0 Å². The summed E-state index contributed by atoms with van der Waals surface area (Å²) in [5, 5.41) is 0. The van der Waals surface area contributed by atoms with Crippen molar-refractivity contribution in [3.05, 3.63) is 0 Å². The number of methoxy groups -OCH3 is 1. The maximum absolute atomic E-state index is 6.41. The predicted molar refractivity (Wildman–Crippen MR) is 80.2 cm³/mol. The Labute approximate surface area is 118 Å². The summed E-state index contributed by atoms with van der Waals surface area (Å²) >= 11 is 0. The molecule has 2 aliphatic rings. The number of ether oxygens (including phenoxy) is 1. The van der Waals surface area contributed by atoms with E-state index in [0.29, 0.717) is 24.1 Å². The smallest absolute Gasteiger partial charge is 0.0724 e. The topological polar surface area (TPSA) is 38.5 Å². The zero-order valence-electron chi connectivity index (χ0n) is 13.0. The number of likely N-dealkylation sites (tertiary alicyclic amines) is 1. The molecule has 1 saturated heterocycles. The number of nitrogens with zero attached hydrogens (tertiary/aromatic N) is 1. The highest BCUT2D eigenvalue weighted by atomic mass is 16.5. The molecule has 1 aliphatic carbocycles. The molecule has 0 spiro atoms. The summed E-state index contributed by atoms with van der Waals surface area (Å²) in [5.41, 5.74) is 6.41. The molecule has 1 aliphatic heterocycles. The third-order valence-electron chi connectivity index (χ3n) is 5.37. The standard InChI is InChI=1S/C16H32N2O/c1-4-5-13-6-7-14(17)15(10-13)18-9-8-12(2)16(11-18)19-3/h12-16H,4-11,17H2,1-3H3. The van der Waals surface area contributed by atoms with Crippen molar-refractivity contribution in [2.45, 2.75) is 70.6 Å². The zero-order chi connectivity index (χ0) is 13.8. The van der Waals surface area contributed by atoms with E-state index in [-0.39, 0.29) is 0 Å². The molecular formula is C16H32N2O. The molecule has 3 nitrogen and oxygen atoms in total. The Bertz CT molecular complexity index is 271. The molecule has 1 heterocycles. The normalized spacial score (nSPS) is 41.4. The quantitative estimate of drug-likeness (QED) is 0.852. The molecule has 0 radical (unpaired) electrons. The van der Waals surface area contributed by atoms with E-state index >= 15 is 0 Å². The highest BCUT2D eigenvalue weighted by Crippen LogP contribution is 2.32. The van der Waals surface area contributed by atoms with Crippen LogP contribution in [0.25, 0.3) is 0 Å². The zero-order valence-corrected chi connectivity index (χ0v) is 13.0. The van der Waals surface area contributed by atoms with E-state index in [2.05, 4.69) is 18.7 Å². The van der Waals surface area contributed by atoms with Crippen LogP contribution < -0.4 is 5.73 Å². The lowest BCUT2D eigenvalue weighted by Gasteiger charge is -2.46. The molecule has 1 saturated carbocycles. The first-order chi connectivity index (χ1) is 9.15. The Hall–Kier alpha value is -0.120. The van der Waals surface area contributed by atoms with Crippen molar-refractivity contribution in [3.63, 3.8) is 0 Å². The molecule has 0 aromatic heterocycles. The van der Waals surface area contributed by atoms with Gasteiger partial charge in [-0.15, -0.1) is 0 Å². The van der Waals surface area contributed by atoms with Crippen molar-refractivity contribution < 1.29 is 4.74 Å². The van der Waals surface area contributed by atoms with Crippen molar-refractivity contribution in [1.29, 1.82) is 0 Å². The first-order valence-corrected chi connectivity index (χ1v) is 8.18. The molecule has 112 valence electrons. The first kappa shape index (κ1) is 15.3. The summed E-state index contributed by atoms with van der Waals surface area (Å²) in [6.45, 7) is 6.90. The molecule has 0 amide bonds. The van der Waals surface area contributed by atoms with Gasteiger partial charge in [0.2, 0.25) is 0 Å². The van der Waals surface area contributed by atoms with Crippen molar-refractivity contribution in [2.75, 3.05) is 20.2 Å². The maximum Gasteiger partial charge on any atom is 0.0724 e. The number of rotatable bonds is 4. The molecule has 0 bridgehead atoms. The van der Waals surface area contributed by atoms with Gasteiger partial charge in [-0.3, -0.25) is 4.90 Å². The number of hydrogen-bond acceptors (Lipinski definition) is 3. The molecule has 0 aromatic rings. The van der Waals surface area contributed by atoms with Gasteiger partial charge in [0.15, 0.2) is 0 Å². The molecule has 19 heavy (non-hydrogen) atoms. The van der Waals surface area contributed by atoms with Gasteiger partial charge in [-0.05, 0) is 44.1 Å². The van der Waals surface area contributed by atoms with Gasteiger partial charge in [-0.1, -0.05) is 26.7 Å². The lowest BCUT2D eigenvalue weighted by molar-refractivity contribution is -0.0314. The third kappa shape index (κ3) is 3.71. The number of piperidine rings is 1. The van der Waals surface area contributed by atoms with E-state index in [4.69, 9.17) is 10.5 Å². The largest absolute Gasteiger partial charge is 0.380 e. The Balaban J connectivity index is 1.94. The van der Waals surface area contributed by atoms with Gasteiger partial charge in [0.1, 0.15) is 0 Å². The van der Waals surface area contributed by atoms with Crippen LogP contribution >= 0.6 is 0 Å². The van der Waals surface area contributed by atoms with Gasteiger partial charge in [0.05, 0.1) is 6.10 Å². The Morgan fingerprint density at radius 1 is 1.26 bits per heavy atom. The average Bonchev–Trinajstić information content (AvgIpc) is 2.42. The molecule has 2 fully saturated rings. The maximum atomic E-state index is 6.41. The van der Waals surface area contributed by atoms with Crippen LogP contribution in [-0.4, -0.2) is 43.3 Å². The van der Waals surface area contributed by atoms with Crippen LogP contribution in [0.2, 0.25) is 0 Å². The Morgan fingerprint density at radius 2 is 2.05 bits per heavy atom. The van der Waals surface area contributed by atoms with Crippen LogP contribution in [0, 0.1) is 11.8 Å². The van der Waals surface area contributed by atoms with E-state index in [1.54, 1.807) is 0 Å². The summed E-state index contributed by atoms with van der Waals surface area (Å²) in [7, 11) is 1.85. The fraction of sp³-hybridized carbons (Fsp3) is 1.00. The predicted octanol–water partition coefficient (Wildman–Crippen LogP) is 2.64. The molecule has 2 N–H and O–H groups in total. The monoisotopic (exact) mass is 268 g/mol. The van der Waals surface area contributed by atoms with Gasteiger partial charge in [0.25, 0.3) is 0 Å².